The minimum absolute atomic E-state index is 0.290. The number of benzene rings is 3. The molecule has 4 heteroatoms. The Kier molecular flexibility index (Phi) is 2.99. The summed E-state index contributed by atoms with van der Waals surface area (Å²) >= 11 is 0. The van der Waals surface area contributed by atoms with E-state index in [-0.39, 0.29) is 5.56 Å². The average molecular weight is 280 g/mol. The monoisotopic (exact) mass is 280 g/mol. The van der Waals surface area contributed by atoms with Gasteiger partial charge in [0.1, 0.15) is 0 Å². The number of carbonyl (C=O) groups excluding carboxylic acids is 1. The van der Waals surface area contributed by atoms with Gasteiger partial charge in [-0.1, -0.05) is 36.4 Å². The second-order valence-corrected chi connectivity index (χ2v) is 4.70. The van der Waals surface area contributed by atoms with Crippen LogP contribution in [0.5, 0.6) is 17.2 Å². The van der Waals surface area contributed by atoms with Crippen LogP contribution >= 0.6 is 0 Å². The summed E-state index contributed by atoms with van der Waals surface area (Å²) in [5, 5.41) is 30.7. The molecule has 0 aliphatic rings. The van der Waals surface area contributed by atoms with Gasteiger partial charge in [-0.05, 0) is 28.5 Å². The van der Waals surface area contributed by atoms with Gasteiger partial charge in [0.2, 0.25) is 5.75 Å². The van der Waals surface area contributed by atoms with Gasteiger partial charge in [-0.2, -0.15) is 0 Å². The molecule has 3 rings (SSSR count). The Morgan fingerprint density at radius 1 is 0.762 bits per heavy atom. The van der Waals surface area contributed by atoms with Crippen LogP contribution in [0.25, 0.3) is 21.9 Å². The van der Waals surface area contributed by atoms with Gasteiger partial charge in [0.15, 0.2) is 17.8 Å². The Labute approximate surface area is 120 Å². The lowest BCUT2D eigenvalue weighted by molar-refractivity contribution is 0.112. The van der Waals surface area contributed by atoms with E-state index >= 15 is 0 Å². The number of rotatable bonds is 2. The standard InChI is InChI=1S/C17H12O4/c18-9-14-11-4-2-1-3-10(11)5-6-12(14)13-7-8-15(19)17(21)16(13)20/h1-9,19-21H. The molecule has 0 aromatic heterocycles. The predicted octanol–water partition coefficient (Wildman–Crippen LogP) is 3.44. The Morgan fingerprint density at radius 3 is 2.24 bits per heavy atom. The number of fused-ring (bicyclic) bond motifs is 1. The van der Waals surface area contributed by atoms with Crippen molar-refractivity contribution in [3.05, 3.63) is 54.1 Å². The minimum Gasteiger partial charge on any atom is -0.504 e. The van der Waals surface area contributed by atoms with Crippen LogP contribution in [-0.4, -0.2) is 21.6 Å². The van der Waals surface area contributed by atoms with Crippen LogP contribution in [0.1, 0.15) is 10.4 Å². The van der Waals surface area contributed by atoms with Crippen molar-refractivity contribution in [3.8, 4) is 28.4 Å². The van der Waals surface area contributed by atoms with Crippen molar-refractivity contribution in [2.45, 2.75) is 0 Å². The number of aromatic hydroxyl groups is 3. The van der Waals surface area contributed by atoms with E-state index in [1.165, 1.54) is 12.1 Å². The van der Waals surface area contributed by atoms with E-state index in [4.69, 9.17) is 0 Å². The highest BCUT2D eigenvalue weighted by atomic mass is 16.3. The lowest BCUT2D eigenvalue weighted by Gasteiger charge is -2.11. The molecule has 3 aromatic rings. The van der Waals surface area contributed by atoms with Crippen molar-refractivity contribution in [2.75, 3.05) is 0 Å². The van der Waals surface area contributed by atoms with Crippen LogP contribution in [0.2, 0.25) is 0 Å². The molecule has 3 aromatic carbocycles. The maximum absolute atomic E-state index is 11.5. The SMILES string of the molecule is O=Cc1c(-c2ccc(O)c(O)c2O)ccc2ccccc12. The van der Waals surface area contributed by atoms with Gasteiger partial charge in [-0.3, -0.25) is 4.79 Å². The molecule has 0 heterocycles. The molecule has 4 nitrogen and oxygen atoms in total. The smallest absolute Gasteiger partial charge is 0.200 e. The molecule has 0 saturated heterocycles. The fourth-order valence-corrected chi connectivity index (χ4v) is 2.44. The molecule has 104 valence electrons. The quantitative estimate of drug-likeness (QED) is 0.496. The molecule has 0 bridgehead atoms. The van der Waals surface area contributed by atoms with Gasteiger partial charge >= 0.3 is 0 Å². The molecular formula is C17H12O4. The zero-order valence-electron chi connectivity index (χ0n) is 10.9. The highest BCUT2D eigenvalue weighted by molar-refractivity contribution is 6.05. The molecule has 0 aliphatic heterocycles. The molecular weight excluding hydrogens is 268 g/mol. The van der Waals surface area contributed by atoms with E-state index in [0.29, 0.717) is 11.1 Å². The first kappa shape index (κ1) is 13.0. The fourth-order valence-electron chi connectivity index (χ4n) is 2.44. The maximum Gasteiger partial charge on any atom is 0.200 e. The first-order chi connectivity index (χ1) is 10.1. The summed E-state index contributed by atoms with van der Waals surface area (Å²) in [6.45, 7) is 0. The summed E-state index contributed by atoms with van der Waals surface area (Å²) < 4.78 is 0. The van der Waals surface area contributed by atoms with E-state index in [1.54, 1.807) is 6.07 Å². The van der Waals surface area contributed by atoms with Crippen molar-refractivity contribution < 1.29 is 20.1 Å². The normalized spacial score (nSPS) is 10.7. The predicted molar refractivity (Wildman–Crippen MR) is 79.8 cm³/mol. The maximum atomic E-state index is 11.5. The van der Waals surface area contributed by atoms with E-state index in [9.17, 15) is 20.1 Å². The topological polar surface area (TPSA) is 77.8 Å². The highest BCUT2D eigenvalue weighted by Gasteiger charge is 2.16. The van der Waals surface area contributed by atoms with Crippen molar-refractivity contribution >= 4 is 17.1 Å². The van der Waals surface area contributed by atoms with Crippen LogP contribution < -0.4 is 0 Å². The van der Waals surface area contributed by atoms with E-state index < -0.39 is 17.2 Å². The largest absolute Gasteiger partial charge is 0.504 e. The van der Waals surface area contributed by atoms with Crippen LogP contribution in [0.4, 0.5) is 0 Å². The molecule has 3 N–H and O–H groups in total. The molecule has 0 spiro atoms. The zero-order valence-corrected chi connectivity index (χ0v) is 10.9. The number of phenolic OH excluding ortho intramolecular Hbond substituents is 3. The van der Waals surface area contributed by atoms with Crippen LogP contribution in [-0.2, 0) is 0 Å². The Balaban J connectivity index is 2.36. The number of phenols is 3. The highest BCUT2D eigenvalue weighted by Crippen LogP contribution is 2.43. The van der Waals surface area contributed by atoms with Gasteiger partial charge in [0, 0.05) is 11.1 Å². The van der Waals surface area contributed by atoms with Crippen molar-refractivity contribution in [2.24, 2.45) is 0 Å². The number of hydrogen-bond donors (Lipinski definition) is 3. The molecule has 0 aliphatic carbocycles. The lowest BCUT2D eigenvalue weighted by Crippen LogP contribution is -1.91. The Morgan fingerprint density at radius 2 is 1.48 bits per heavy atom. The fraction of sp³-hybridized carbons (Fsp3) is 0. The molecule has 0 saturated carbocycles. The number of aldehydes is 1. The Bertz CT molecular complexity index is 853. The van der Waals surface area contributed by atoms with Crippen molar-refractivity contribution in [1.82, 2.24) is 0 Å². The van der Waals surface area contributed by atoms with E-state index in [0.717, 1.165) is 17.1 Å². The van der Waals surface area contributed by atoms with Crippen LogP contribution in [0.15, 0.2) is 48.5 Å². The first-order valence-corrected chi connectivity index (χ1v) is 6.34. The van der Waals surface area contributed by atoms with Crippen molar-refractivity contribution in [3.63, 3.8) is 0 Å². The summed E-state index contributed by atoms with van der Waals surface area (Å²) in [4.78, 5) is 11.5. The lowest BCUT2D eigenvalue weighted by atomic mass is 9.94. The van der Waals surface area contributed by atoms with Gasteiger partial charge in [0.05, 0.1) is 0 Å². The molecule has 0 amide bonds. The molecule has 0 radical (unpaired) electrons. The first-order valence-electron chi connectivity index (χ1n) is 6.34. The summed E-state index contributed by atoms with van der Waals surface area (Å²) in [5.41, 5.74) is 1.21. The van der Waals surface area contributed by atoms with Crippen molar-refractivity contribution in [1.29, 1.82) is 0 Å². The summed E-state index contributed by atoms with van der Waals surface area (Å²) in [6, 6.07) is 13.7. The van der Waals surface area contributed by atoms with Gasteiger partial charge in [0.25, 0.3) is 0 Å². The van der Waals surface area contributed by atoms with E-state index in [2.05, 4.69) is 0 Å². The second kappa shape index (κ2) is 4.83. The third-order valence-electron chi connectivity index (χ3n) is 3.51. The van der Waals surface area contributed by atoms with E-state index in [1.807, 2.05) is 30.3 Å². The van der Waals surface area contributed by atoms with Crippen LogP contribution in [0.3, 0.4) is 0 Å². The molecule has 0 atom stereocenters. The third-order valence-corrected chi connectivity index (χ3v) is 3.51. The van der Waals surface area contributed by atoms with Gasteiger partial charge < -0.3 is 15.3 Å². The second-order valence-electron chi connectivity index (χ2n) is 4.70. The van der Waals surface area contributed by atoms with Gasteiger partial charge in [-0.15, -0.1) is 0 Å². The van der Waals surface area contributed by atoms with Gasteiger partial charge in [-0.25, -0.2) is 0 Å². The summed E-state index contributed by atoms with van der Waals surface area (Å²) in [5.74, 6) is -1.46. The minimum atomic E-state index is -0.600. The number of carbonyl (C=O) groups is 1. The Hall–Kier alpha value is -3.01. The molecule has 0 fully saturated rings. The average Bonchev–Trinajstić information content (AvgIpc) is 2.52. The molecule has 0 unspecified atom stereocenters. The summed E-state index contributed by atoms with van der Waals surface area (Å²) in [6.07, 6.45) is 0.723. The molecule has 21 heavy (non-hydrogen) atoms. The zero-order chi connectivity index (χ0) is 15.0. The number of hydrogen-bond acceptors (Lipinski definition) is 4. The van der Waals surface area contributed by atoms with Crippen LogP contribution in [0, 0.1) is 0 Å². The summed E-state index contributed by atoms with van der Waals surface area (Å²) in [7, 11) is 0. The third kappa shape index (κ3) is 1.97.